The van der Waals surface area contributed by atoms with Crippen LogP contribution in [0.3, 0.4) is 0 Å². The van der Waals surface area contributed by atoms with E-state index in [1.165, 1.54) is 5.56 Å². The molecule has 0 aliphatic carbocycles. The molecule has 1 amide bonds. The molecule has 0 radical (unpaired) electrons. The Bertz CT molecular complexity index is 970. The first-order chi connectivity index (χ1) is 15.2. The van der Waals surface area contributed by atoms with Crippen LogP contribution in [0.15, 0.2) is 36.5 Å². The summed E-state index contributed by atoms with van der Waals surface area (Å²) in [6.07, 6.45) is 6.59. The van der Waals surface area contributed by atoms with E-state index in [1.54, 1.807) is 19.4 Å². The van der Waals surface area contributed by atoms with Crippen LogP contribution in [0.2, 0.25) is 0 Å². The number of hydrogen-bond acceptors (Lipinski definition) is 5. The number of aromatic amines is 1. The Kier molecular flexibility index (Phi) is 8.99. The second-order valence-corrected chi connectivity index (χ2v) is 7.51. The van der Waals surface area contributed by atoms with Gasteiger partial charge in [0.05, 0.1) is 11.1 Å². The van der Waals surface area contributed by atoms with E-state index in [-0.39, 0.29) is 5.91 Å². The van der Waals surface area contributed by atoms with Crippen molar-refractivity contribution in [3.8, 4) is 11.4 Å². The van der Waals surface area contributed by atoms with Crippen molar-refractivity contribution >= 4 is 17.1 Å². The van der Waals surface area contributed by atoms with Crippen molar-refractivity contribution in [1.29, 1.82) is 0 Å². The van der Waals surface area contributed by atoms with Crippen LogP contribution in [0.1, 0.15) is 48.5 Å². The van der Waals surface area contributed by atoms with Crippen LogP contribution in [0.25, 0.3) is 22.6 Å². The number of benzene rings is 1. The zero-order valence-corrected chi connectivity index (χ0v) is 18.4. The molecule has 2 N–H and O–H groups in total. The van der Waals surface area contributed by atoms with Crippen LogP contribution in [0.5, 0.6) is 0 Å². The van der Waals surface area contributed by atoms with Crippen LogP contribution < -0.4 is 5.32 Å². The number of amides is 1. The lowest BCUT2D eigenvalue weighted by Crippen LogP contribution is -2.25. The monoisotopic (exact) mass is 424 g/mol. The lowest BCUT2D eigenvalue weighted by molar-refractivity contribution is 0.0950. The van der Waals surface area contributed by atoms with Gasteiger partial charge in [-0.05, 0) is 49.8 Å². The fourth-order valence-corrected chi connectivity index (χ4v) is 3.40. The summed E-state index contributed by atoms with van der Waals surface area (Å²) >= 11 is 0. The molecule has 2 heterocycles. The van der Waals surface area contributed by atoms with Crippen LogP contribution in [0.4, 0.5) is 0 Å². The minimum absolute atomic E-state index is 0.141. The topological polar surface area (TPSA) is 89.1 Å². The number of pyridine rings is 1. The van der Waals surface area contributed by atoms with Gasteiger partial charge in [-0.15, -0.1) is 0 Å². The predicted molar refractivity (Wildman–Crippen MR) is 122 cm³/mol. The summed E-state index contributed by atoms with van der Waals surface area (Å²) in [7, 11) is 1.65. The number of nitrogens with zero attached hydrogens (tertiary/aromatic N) is 2. The molecule has 1 aromatic carbocycles. The van der Waals surface area contributed by atoms with Crippen molar-refractivity contribution in [2.24, 2.45) is 0 Å². The second-order valence-electron chi connectivity index (χ2n) is 7.51. The number of imidazole rings is 1. The third-order valence-corrected chi connectivity index (χ3v) is 5.00. The highest BCUT2D eigenvalue weighted by molar-refractivity contribution is 6.04. The van der Waals surface area contributed by atoms with Crippen LogP contribution in [0, 0.1) is 0 Å². The summed E-state index contributed by atoms with van der Waals surface area (Å²) in [5.74, 6) is 0.577. The van der Waals surface area contributed by atoms with Gasteiger partial charge in [0.1, 0.15) is 5.82 Å². The molecule has 0 aliphatic heterocycles. The largest absolute Gasteiger partial charge is 0.385 e. The number of fused-ring (bicyclic) bond motifs is 1. The number of hydrogen-bond donors (Lipinski definition) is 2. The average molecular weight is 425 g/mol. The van der Waals surface area contributed by atoms with Crippen LogP contribution >= 0.6 is 0 Å². The first-order valence-electron chi connectivity index (χ1n) is 11.0. The molecule has 166 valence electrons. The molecule has 0 atom stereocenters. The van der Waals surface area contributed by atoms with Gasteiger partial charge in [0.25, 0.3) is 5.91 Å². The first-order valence-corrected chi connectivity index (χ1v) is 11.0. The molecule has 3 rings (SSSR count). The Morgan fingerprint density at radius 3 is 2.87 bits per heavy atom. The molecule has 7 nitrogen and oxygen atoms in total. The van der Waals surface area contributed by atoms with Crippen molar-refractivity contribution < 1.29 is 14.3 Å². The summed E-state index contributed by atoms with van der Waals surface area (Å²) in [4.78, 5) is 24.8. The normalized spacial score (nSPS) is 11.2. The number of carbonyl (C=O) groups excluding carboxylic acids is 1. The zero-order valence-electron chi connectivity index (χ0n) is 18.4. The summed E-state index contributed by atoms with van der Waals surface area (Å²) in [5.41, 5.74) is 3.99. The highest BCUT2D eigenvalue weighted by atomic mass is 16.5. The van der Waals surface area contributed by atoms with Gasteiger partial charge in [-0.2, -0.15) is 0 Å². The Labute approximate surface area is 183 Å². The number of methoxy groups -OCH3 is 1. The third-order valence-electron chi connectivity index (χ3n) is 5.00. The zero-order chi connectivity index (χ0) is 21.9. The van der Waals surface area contributed by atoms with Gasteiger partial charge in [0, 0.05) is 45.2 Å². The second kappa shape index (κ2) is 12.2. The van der Waals surface area contributed by atoms with E-state index in [0.717, 1.165) is 56.7 Å². The predicted octanol–water partition coefficient (Wildman–Crippen LogP) is 4.14. The Morgan fingerprint density at radius 1 is 1.13 bits per heavy atom. The smallest absolute Gasteiger partial charge is 0.253 e. The third kappa shape index (κ3) is 6.60. The van der Waals surface area contributed by atoms with E-state index < -0.39 is 0 Å². The Hall–Kier alpha value is -2.77. The maximum absolute atomic E-state index is 12.6. The van der Waals surface area contributed by atoms with Crippen molar-refractivity contribution in [2.75, 3.05) is 33.5 Å². The number of unbranched alkanes of at least 4 members (excludes halogenated alkanes) is 1. The summed E-state index contributed by atoms with van der Waals surface area (Å²) in [5, 5.41) is 2.92. The van der Waals surface area contributed by atoms with E-state index in [9.17, 15) is 4.79 Å². The van der Waals surface area contributed by atoms with Crippen LogP contribution in [-0.4, -0.2) is 54.3 Å². The number of aryl methyl sites for hydroxylation is 1. The molecule has 2 aromatic heterocycles. The number of H-pyrrole nitrogens is 1. The lowest BCUT2D eigenvalue weighted by Gasteiger charge is -2.05. The Morgan fingerprint density at radius 2 is 2.03 bits per heavy atom. The minimum atomic E-state index is -0.141. The fourth-order valence-electron chi connectivity index (χ4n) is 3.40. The van der Waals surface area contributed by atoms with Gasteiger partial charge in [0.2, 0.25) is 0 Å². The van der Waals surface area contributed by atoms with E-state index in [4.69, 9.17) is 9.47 Å². The highest BCUT2D eigenvalue weighted by Gasteiger charge is 2.15. The molecule has 7 heteroatoms. The number of nitrogens with one attached hydrogen (secondary N) is 2. The number of aromatic nitrogens is 3. The van der Waals surface area contributed by atoms with Gasteiger partial charge in [-0.25, -0.2) is 9.97 Å². The summed E-state index contributed by atoms with van der Waals surface area (Å²) in [6.45, 7) is 4.95. The van der Waals surface area contributed by atoms with E-state index in [1.807, 2.05) is 12.1 Å². The van der Waals surface area contributed by atoms with Crippen molar-refractivity contribution in [3.05, 3.63) is 47.7 Å². The molecule has 0 saturated carbocycles. The maximum Gasteiger partial charge on any atom is 0.253 e. The molecule has 3 aromatic rings. The van der Waals surface area contributed by atoms with Crippen molar-refractivity contribution in [2.45, 2.75) is 39.0 Å². The molecule has 0 spiro atoms. The molecule has 0 bridgehead atoms. The standard InChI is InChI=1S/C24H32N4O3/c1-3-14-31-16-5-4-8-18-9-6-10-19(17-18)22-27-21-20(11-13-25-23(21)28-22)24(29)26-12-7-15-30-2/h6,9-11,13,17H,3-5,7-8,12,14-16H2,1-2H3,(H,26,29)(H,25,27,28). The van der Waals surface area contributed by atoms with E-state index in [2.05, 4.69) is 39.3 Å². The van der Waals surface area contributed by atoms with Gasteiger partial charge in [0.15, 0.2) is 5.65 Å². The summed E-state index contributed by atoms with van der Waals surface area (Å²) < 4.78 is 10.6. The van der Waals surface area contributed by atoms with Gasteiger partial charge in [-0.3, -0.25) is 4.79 Å². The minimum Gasteiger partial charge on any atom is -0.385 e. The van der Waals surface area contributed by atoms with Crippen molar-refractivity contribution in [3.63, 3.8) is 0 Å². The van der Waals surface area contributed by atoms with E-state index in [0.29, 0.717) is 29.9 Å². The van der Waals surface area contributed by atoms with E-state index >= 15 is 0 Å². The molecule has 31 heavy (non-hydrogen) atoms. The highest BCUT2D eigenvalue weighted by Crippen LogP contribution is 2.23. The first kappa shape index (κ1) is 22.9. The fraction of sp³-hybridized carbons (Fsp3) is 0.458. The number of ether oxygens (including phenoxy) is 2. The van der Waals surface area contributed by atoms with Gasteiger partial charge < -0.3 is 19.8 Å². The number of carbonyl (C=O) groups is 1. The molecule has 0 aliphatic rings. The quantitative estimate of drug-likeness (QED) is 0.403. The maximum atomic E-state index is 12.6. The molecular formula is C24H32N4O3. The molecule has 0 unspecified atom stereocenters. The van der Waals surface area contributed by atoms with Crippen molar-refractivity contribution in [1.82, 2.24) is 20.3 Å². The molecular weight excluding hydrogens is 392 g/mol. The summed E-state index contributed by atoms with van der Waals surface area (Å²) in [6, 6.07) is 10.1. The average Bonchev–Trinajstić information content (AvgIpc) is 3.24. The van der Waals surface area contributed by atoms with Gasteiger partial charge >= 0.3 is 0 Å². The van der Waals surface area contributed by atoms with Gasteiger partial charge in [-0.1, -0.05) is 25.1 Å². The SMILES string of the molecule is CCCOCCCCc1cccc(-c2nc3nccc(C(=O)NCCCOC)c3[nH]2)c1. The lowest BCUT2D eigenvalue weighted by atomic mass is 10.1. The Balaban J connectivity index is 1.68. The number of rotatable bonds is 13. The molecule has 0 fully saturated rings. The van der Waals surface area contributed by atoms with Crippen LogP contribution in [-0.2, 0) is 15.9 Å². The molecule has 0 saturated heterocycles.